The molecular weight excluding hydrogens is 434 g/mol. The summed E-state index contributed by atoms with van der Waals surface area (Å²) >= 11 is 6.38. The fourth-order valence-corrected chi connectivity index (χ4v) is 4.57. The zero-order valence-corrected chi connectivity index (χ0v) is 19.1. The largest absolute Gasteiger partial charge is 0.497 e. The minimum Gasteiger partial charge on any atom is -0.497 e. The molecule has 5 nitrogen and oxygen atoms in total. The van der Waals surface area contributed by atoms with Gasteiger partial charge in [0, 0.05) is 37.1 Å². The van der Waals surface area contributed by atoms with Crippen molar-refractivity contribution in [1.29, 1.82) is 0 Å². The molecule has 33 heavy (non-hydrogen) atoms. The maximum absolute atomic E-state index is 13.7. The Morgan fingerprint density at radius 3 is 2.45 bits per heavy atom. The molecular formula is C27H24ClN3O2. The van der Waals surface area contributed by atoms with E-state index in [2.05, 4.69) is 4.90 Å². The first kappa shape index (κ1) is 21.3. The van der Waals surface area contributed by atoms with Crippen molar-refractivity contribution in [2.24, 2.45) is 0 Å². The van der Waals surface area contributed by atoms with E-state index in [1.54, 1.807) is 7.11 Å². The molecule has 2 heterocycles. The summed E-state index contributed by atoms with van der Waals surface area (Å²) in [7, 11) is 1.64. The highest BCUT2D eigenvalue weighted by atomic mass is 35.5. The molecule has 1 aliphatic heterocycles. The first-order valence-electron chi connectivity index (χ1n) is 11.0. The second kappa shape index (κ2) is 9.12. The summed E-state index contributed by atoms with van der Waals surface area (Å²) in [6.07, 6.45) is 0. The lowest BCUT2D eigenvalue weighted by atomic mass is 10.0. The number of nitrogens with zero attached hydrogens (tertiary/aromatic N) is 3. The van der Waals surface area contributed by atoms with E-state index in [-0.39, 0.29) is 5.91 Å². The van der Waals surface area contributed by atoms with Crippen molar-refractivity contribution in [3.05, 3.63) is 89.4 Å². The number of fused-ring (bicyclic) bond motifs is 1. The number of carbonyl (C=O) groups excluding carboxylic acids is 1. The Morgan fingerprint density at radius 1 is 0.909 bits per heavy atom. The Balaban J connectivity index is 1.45. The predicted octanol–water partition coefficient (Wildman–Crippen LogP) is 5.53. The number of carbonyl (C=O) groups is 1. The molecule has 166 valence electrons. The highest BCUT2D eigenvalue weighted by Gasteiger charge is 2.25. The summed E-state index contributed by atoms with van der Waals surface area (Å²) in [4.78, 5) is 22.6. The van der Waals surface area contributed by atoms with Crippen LogP contribution in [-0.4, -0.2) is 49.1 Å². The lowest BCUT2D eigenvalue weighted by molar-refractivity contribution is 0.0749. The third-order valence-electron chi connectivity index (χ3n) is 6.07. The quantitative estimate of drug-likeness (QED) is 0.404. The zero-order chi connectivity index (χ0) is 22.8. The van der Waals surface area contributed by atoms with Crippen LogP contribution in [-0.2, 0) is 0 Å². The summed E-state index contributed by atoms with van der Waals surface area (Å²) in [6.45, 7) is 2.74. The predicted molar refractivity (Wildman–Crippen MR) is 133 cm³/mol. The number of amides is 1. The zero-order valence-electron chi connectivity index (χ0n) is 18.4. The molecule has 1 aromatic heterocycles. The standard InChI is InChI=1S/C27H24ClN3O2/c1-33-20-8-6-7-19(17-20)25-18-22(21-9-2-4-11-24(21)29-25)27(32)31-15-13-30(14-16-31)26-12-5-3-10-23(26)28/h2-12,17-18H,13-16H2,1H3. The van der Waals surface area contributed by atoms with Crippen LogP contribution in [0.1, 0.15) is 10.4 Å². The molecule has 0 bridgehead atoms. The van der Waals surface area contributed by atoms with Crippen LogP contribution >= 0.6 is 11.6 Å². The Bertz CT molecular complexity index is 1320. The molecule has 0 aliphatic carbocycles. The molecule has 4 aromatic rings. The van der Waals surface area contributed by atoms with Gasteiger partial charge in [0.25, 0.3) is 5.91 Å². The van der Waals surface area contributed by atoms with Crippen LogP contribution < -0.4 is 9.64 Å². The van der Waals surface area contributed by atoms with Gasteiger partial charge in [-0.25, -0.2) is 4.98 Å². The van der Waals surface area contributed by atoms with E-state index in [1.165, 1.54) is 0 Å². The van der Waals surface area contributed by atoms with Crippen LogP contribution in [0, 0.1) is 0 Å². The van der Waals surface area contributed by atoms with Crippen molar-refractivity contribution in [3.63, 3.8) is 0 Å². The number of methoxy groups -OCH3 is 1. The average molecular weight is 458 g/mol. The summed E-state index contributed by atoms with van der Waals surface area (Å²) < 4.78 is 5.37. The van der Waals surface area contributed by atoms with Crippen LogP contribution in [0.3, 0.4) is 0 Å². The second-order valence-corrected chi connectivity index (χ2v) is 8.44. The Morgan fingerprint density at radius 2 is 1.67 bits per heavy atom. The summed E-state index contributed by atoms with van der Waals surface area (Å²) in [6, 6.07) is 25.3. The van der Waals surface area contributed by atoms with Gasteiger partial charge >= 0.3 is 0 Å². The number of aromatic nitrogens is 1. The average Bonchev–Trinajstić information content (AvgIpc) is 2.88. The first-order valence-corrected chi connectivity index (χ1v) is 11.3. The van der Waals surface area contributed by atoms with Gasteiger partial charge in [-0.15, -0.1) is 0 Å². The van der Waals surface area contributed by atoms with E-state index in [4.69, 9.17) is 21.3 Å². The van der Waals surface area contributed by atoms with E-state index < -0.39 is 0 Å². The molecule has 1 amide bonds. The molecule has 0 radical (unpaired) electrons. The van der Waals surface area contributed by atoms with Crippen molar-refractivity contribution in [3.8, 4) is 17.0 Å². The van der Waals surface area contributed by atoms with Crippen LogP contribution in [0.25, 0.3) is 22.2 Å². The molecule has 5 rings (SSSR count). The van der Waals surface area contributed by atoms with E-state index >= 15 is 0 Å². The van der Waals surface area contributed by atoms with Crippen LogP contribution in [0.5, 0.6) is 5.75 Å². The van der Waals surface area contributed by atoms with Crippen molar-refractivity contribution in [1.82, 2.24) is 9.88 Å². The molecule has 1 saturated heterocycles. The van der Waals surface area contributed by atoms with Gasteiger partial charge in [-0.1, -0.05) is 54.1 Å². The van der Waals surface area contributed by atoms with Crippen LogP contribution in [0.2, 0.25) is 5.02 Å². The molecule has 0 N–H and O–H groups in total. The summed E-state index contributed by atoms with van der Waals surface area (Å²) in [5.74, 6) is 0.780. The maximum atomic E-state index is 13.7. The highest BCUT2D eigenvalue weighted by molar-refractivity contribution is 6.33. The summed E-state index contributed by atoms with van der Waals surface area (Å²) in [5, 5.41) is 1.60. The van der Waals surface area contributed by atoms with Crippen molar-refractivity contribution < 1.29 is 9.53 Å². The van der Waals surface area contributed by atoms with Gasteiger partial charge in [-0.3, -0.25) is 4.79 Å². The van der Waals surface area contributed by atoms with Gasteiger partial charge in [-0.05, 0) is 36.4 Å². The number of benzene rings is 3. The van der Waals surface area contributed by atoms with E-state index in [9.17, 15) is 4.79 Å². The lowest BCUT2D eigenvalue weighted by Gasteiger charge is -2.36. The van der Waals surface area contributed by atoms with Gasteiger partial charge in [0.2, 0.25) is 0 Å². The van der Waals surface area contributed by atoms with Gasteiger partial charge in [0.05, 0.1) is 34.6 Å². The number of para-hydroxylation sites is 2. The van der Waals surface area contributed by atoms with Gasteiger partial charge in [0.15, 0.2) is 0 Å². The highest BCUT2D eigenvalue weighted by Crippen LogP contribution is 2.29. The van der Waals surface area contributed by atoms with Gasteiger partial charge < -0.3 is 14.5 Å². The molecule has 1 aliphatic rings. The fourth-order valence-electron chi connectivity index (χ4n) is 4.31. The SMILES string of the molecule is COc1cccc(-c2cc(C(=O)N3CCN(c4ccccc4Cl)CC3)c3ccccc3n2)c1. The fraction of sp³-hybridized carbons (Fsp3) is 0.185. The van der Waals surface area contributed by atoms with Crippen LogP contribution in [0.4, 0.5) is 5.69 Å². The maximum Gasteiger partial charge on any atom is 0.254 e. The van der Waals surface area contributed by atoms with Crippen molar-refractivity contribution in [2.45, 2.75) is 0 Å². The molecule has 0 atom stereocenters. The number of hydrogen-bond acceptors (Lipinski definition) is 4. The molecule has 1 fully saturated rings. The van der Waals surface area contributed by atoms with Crippen LogP contribution in [0.15, 0.2) is 78.9 Å². The molecule has 0 saturated carbocycles. The molecule has 6 heteroatoms. The number of pyridine rings is 1. The number of anilines is 1. The monoisotopic (exact) mass is 457 g/mol. The molecule has 3 aromatic carbocycles. The van der Waals surface area contributed by atoms with E-state index in [0.717, 1.165) is 51.7 Å². The molecule has 0 spiro atoms. The van der Waals surface area contributed by atoms with E-state index in [0.29, 0.717) is 18.7 Å². The molecule has 0 unspecified atom stereocenters. The third-order valence-corrected chi connectivity index (χ3v) is 6.39. The smallest absolute Gasteiger partial charge is 0.254 e. The Labute approximate surface area is 198 Å². The lowest BCUT2D eigenvalue weighted by Crippen LogP contribution is -2.49. The number of halogens is 1. The minimum atomic E-state index is 0.0246. The third kappa shape index (κ3) is 4.24. The summed E-state index contributed by atoms with van der Waals surface area (Å²) in [5.41, 5.74) is 4.16. The van der Waals surface area contributed by atoms with Crippen molar-refractivity contribution in [2.75, 3.05) is 38.2 Å². The first-order chi connectivity index (χ1) is 16.1. The van der Waals surface area contributed by atoms with Crippen molar-refractivity contribution >= 4 is 34.1 Å². The number of piperazine rings is 1. The Hall–Kier alpha value is -3.57. The van der Waals surface area contributed by atoms with Gasteiger partial charge in [-0.2, -0.15) is 0 Å². The van der Waals surface area contributed by atoms with E-state index in [1.807, 2.05) is 83.8 Å². The minimum absolute atomic E-state index is 0.0246. The van der Waals surface area contributed by atoms with Gasteiger partial charge in [0.1, 0.15) is 5.75 Å². The topological polar surface area (TPSA) is 45.7 Å². The number of rotatable bonds is 4. The Kier molecular flexibility index (Phi) is 5.88. The second-order valence-electron chi connectivity index (χ2n) is 8.03. The number of ether oxygens (including phenoxy) is 1. The number of hydrogen-bond donors (Lipinski definition) is 0. The normalized spacial score (nSPS) is 13.9.